The lowest BCUT2D eigenvalue weighted by molar-refractivity contribution is 0.487. The van der Waals surface area contributed by atoms with Crippen molar-refractivity contribution in [2.75, 3.05) is 0 Å². The molecule has 1 fully saturated rings. The van der Waals surface area contributed by atoms with Crippen LogP contribution >= 0.6 is 0 Å². The highest BCUT2D eigenvalue weighted by Gasteiger charge is 2.21. The SMILES string of the molecule is Cc1ccc(CNC2CC2)c(F)c1F. The fourth-order valence-electron chi connectivity index (χ4n) is 1.36. The smallest absolute Gasteiger partial charge is 0.163 e. The van der Waals surface area contributed by atoms with Crippen molar-refractivity contribution in [3.63, 3.8) is 0 Å². The molecule has 14 heavy (non-hydrogen) atoms. The molecule has 0 radical (unpaired) electrons. The van der Waals surface area contributed by atoms with E-state index in [2.05, 4.69) is 5.32 Å². The highest BCUT2D eigenvalue weighted by Crippen LogP contribution is 2.21. The molecule has 1 aliphatic carbocycles. The highest BCUT2D eigenvalue weighted by molar-refractivity contribution is 5.25. The molecule has 1 aromatic carbocycles. The average Bonchev–Trinajstić information content (AvgIpc) is 2.97. The molecule has 3 heteroatoms. The maximum Gasteiger partial charge on any atom is 0.163 e. The molecule has 1 N–H and O–H groups in total. The largest absolute Gasteiger partial charge is 0.310 e. The van der Waals surface area contributed by atoms with E-state index in [0.717, 1.165) is 12.8 Å². The lowest BCUT2D eigenvalue weighted by Gasteiger charge is -2.06. The van der Waals surface area contributed by atoms with Crippen molar-refractivity contribution in [2.24, 2.45) is 0 Å². The van der Waals surface area contributed by atoms with E-state index in [9.17, 15) is 8.78 Å². The van der Waals surface area contributed by atoms with Gasteiger partial charge in [-0.1, -0.05) is 12.1 Å². The van der Waals surface area contributed by atoms with Gasteiger partial charge in [0.25, 0.3) is 0 Å². The van der Waals surface area contributed by atoms with Crippen LogP contribution in [0.4, 0.5) is 8.78 Å². The summed E-state index contributed by atoms with van der Waals surface area (Å²) in [6.45, 7) is 1.99. The molecule has 0 bridgehead atoms. The van der Waals surface area contributed by atoms with Crippen LogP contribution in [-0.4, -0.2) is 6.04 Å². The highest BCUT2D eigenvalue weighted by atomic mass is 19.2. The normalized spacial score (nSPS) is 15.9. The van der Waals surface area contributed by atoms with Crippen LogP contribution in [-0.2, 0) is 6.54 Å². The fraction of sp³-hybridized carbons (Fsp3) is 0.455. The molecule has 0 spiro atoms. The van der Waals surface area contributed by atoms with Crippen LogP contribution in [0, 0.1) is 18.6 Å². The number of hydrogen-bond donors (Lipinski definition) is 1. The summed E-state index contributed by atoms with van der Waals surface area (Å²) in [5, 5.41) is 3.15. The summed E-state index contributed by atoms with van der Waals surface area (Å²) in [4.78, 5) is 0. The van der Waals surface area contributed by atoms with Gasteiger partial charge in [-0.15, -0.1) is 0 Å². The average molecular weight is 197 g/mol. The monoisotopic (exact) mass is 197 g/mol. The minimum atomic E-state index is -0.722. The fourth-order valence-corrected chi connectivity index (χ4v) is 1.36. The van der Waals surface area contributed by atoms with Gasteiger partial charge in [0.1, 0.15) is 0 Å². The van der Waals surface area contributed by atoms with E-state index in [4.69, 9.17) is 0 Å². The van der Waals surface area contributed by atoms with Crippen molar-refractivity contribution < 1.29 is 8.78 Å². The summed E-state index contributed by atoms with van der Waals surface area (Å²) < 4.78 is 26.4. The van der Waals surface area contributed by atoms with Crippen molar-refractivity contribution in [3.05, 3.63) is 34.9 Å². The Morgan fingerprint density at radius 1 is 1.29 bits per heavy atom. The number of halogens is 2. The third-order valence-corrected chi connectivity index (χ3v) is 2.51. The number of aryl methyl sites for hydroxylation is 1. The van der Waals surface area contributed by atoms with Crippen molar-refractivity contribution in [1.82, 2.24) is 5.32 Å². The third-order valence-electron chi connectivity index (χ3n) is 2.51. The molecule has 0 amide bonds. The molecule has 1 aliphatic rings. The van der Waals surface area contributed by atoms with Gasteiger partial charge in [0, 0.05) is 18.2 Å². The predicted octanol–water partition coefficient (Wildman–Crippen LogP) is 2.53. The van der Waals surface area contributed by atoms with Crippen molar-refractivity contribution in [1.29, 1.82) is 0 Å². The molecule has 0 heterocycles. The van der Waals surface area contributed by atoms with Crippen LogP contribution in [0.5, 0.6) is 0 Å². The Kier molecular flexibility index (Phi) is 2.50. The Hall–Kier alpha value is -0.960. The Labute approximate surface area is 82.1 Å². The molecule has 0 unspecified atom stereocenters. The first-order chi connectivity index (χ1) is 6.68. The van der Waals surface area contributed by atoms with Crippen molar-refractivity contribution in [3.8, 4) is 0 Å². The van der Waals surface area contributed by atoms with Gasteiger partial charge in [0.2, 0.25) is 0 Å². The minimum Gasteiger partial charge on any atom is -0.310 e. The van der Waals surface area contributed by atoms with Gasteiger partial charge < -0.3 is 5.32 Å². The van der Waals surface area contributed by atoms with Gasteiger partial charge in [-0.25, -0.2) is 8.78 Å². The Bertz CT molecular complexity index is 345. The molecule has 1 aromatic rings. The van der Waals surface area contributed by atoms with E-state index in [1.807, 2.05) is 0 Å². The minimum absolute atomic E-state index is 0.359. The predicted molar refractivity (Wildman–Crippen MR) is 51.0 cm³/mol. The zero-order chi connectivity index (χ0) is 10.1. The maximum atomic E-state index is 13.3. The first-order valence-electron chi connectivity index (χ1n) is 4.85. The summed E-state index contributed by atoms with van der Waals surface area (Å²) in [5.41, 5.74) is 0.776. The zero-order valence-corrected chi connectivity index (χ0v) is 8.11. The van der Waals surface area contributed by atoms with Gasteiger partial charge in [-0.3, -0.25) is 0 Å². The molecule has 0 saturated heterocycles. The lowest BCUT2D eigenvalue weighted by atomic mass is 10.1. The first kappa shape index (κ1) is 9.59. The van der Waals surface area contributed by atoms with E-state index >= 15 is 0 Å². The van der Waals surface area contributed by atoms with E-state index in [1.165, 1.54) is 0 Å². The van der Waals surface area contributed by atoms with Gasteiger partial charge in [0.15, 0.2) is 11.6 Å². The second-order valence-corrected chi connectivity index (χ2v) is 3.82. The Balaban J connectivity index is 2.11. The van der Waals surface area contributed by atoms with Crippen LogP contribution in [0.2, 0.25) is 0 Å². The summed E-state index contributed by atoms with van der Waals surface area (Å²) in [7, 11) is 0. The summed E-state index contributed by atoms with van der Waals surface area (Å²) in [6.07, 6.45) is 2.30. The van der Waals surface area contributed by atoms with E-state index in [-0.39, 0.29) is 0 Å². The molecular formula is C11H13F2N. The Morgan fingerprint density at radius 2 is 2.00 bits per heavy atom. The summed E-state index contributed by atoms with van der Waals surface area (Å²) in [6, 6.07) is 3.77. The van der Waals surface area contributed by atoms with Crippen LogP contribution < -0.4 is 5.32 Å². The number of benzene rings is 1. The number of hydrogen-bond acceptors (Lipinski definition) is 1. The molecule has 0 aliphatic heterocycles. The third kappa shape index (κ3) is 1.93. The molecular weight excluding hydrogens is 184 g/mol. The number of nitrogens with one attached hydrogen (secondary N) is 1. The van der Waals surface area contributed by atoms with E-state index in [0.29, 0.717) is 23.7 Å². The molecule has 0 aromatic heterocycles. The van der Waals surface area contributed by atoms with Crippen LogP contribution in [0.1, 0.15) is 24.0 Å². The molecule has 1 saturated carbocycles. The van der Waals surface area contributed by atoms with Gasteiger partial charge in [-0.05, 0) is 25.3 Å². The van der Waals surface area contributed by atoms with Crippen LogP contribution in [0.3, 0.4) is 0 Å². The van der Waals surface area contributed by atoms with E-state index in [1.54, 1.807) is 19.1 Å². The van der Waals surface area contributed by atoms with Gasteiger partial charge in [-0.2, -0.15) is 0 Å². The molecule has 1 nitrogen and oxygen atoms in total. The topological polar surface area (TPSA) is 12.0 Å². The van der Waals surface area contributed by atoms with E-state index < -0.39 is 11.6 Å². The molecule has 0 atom stereocenters. The first-order valence-corrected chi connectivity index (χ1v) is 4.85. The van der Waals surface area contributed by atoms with Gasteiger partial charge >= 0.3 is 0 Å². The summed E-state index contributed by atoms with van der Waals surface area (Å²) >= 11 is 0. The zero-order valence-electron chi connectivity index (χ0n) is 8.11. The Morgan fingerprint density at radius 3 is 2.64 bits per heavy atom. The summed E-state index contributed by atoms with van der Waals surface area (Å²) in [5.74, 6) is -1.43. The van der Waals surface area contributed by atoms with Crippen LogP contribution in [0.25, 0.3) is 0 Å². The molecule has 76 valence electrons. The van der Waals surface area contributed by atoms with Crippen molar-refractivity contribution >= 4 is 0 Å². The van der Waals surface area contributed by atoms with Crippen LogP contribution in [0.15, 0.2) is 12.1 Å². The lowest BCUT2D eigenvalue weighted by Crippen LogP contribution is -2.16. The standard InChI is InChI=1S/C11H13F2N/c1-7-2-3-8(11(13)10(7)12)6-14-9-4-5-9/h2-3,9,14H,4-6H2,1H3. The van der Waals surface area contributed by atoms with Gasteiger partial charge in [0.05, 0.1) is 0 Å². The van der Waals surface area contributed by atoms with Crippen molar-refractivity contribution in [2.45, 2.75) is 32.4 Å². The maximum absolute atomic E-state index is 13.3. The second kappa shape index (κ2) is 3.65. The second-order valence-electron chi connectivity index (χ2n) is 3.82. The quantitative estimate of drug-likeness (QED) is 0.785. The molecule has 2 rings (SSSR count). The number of rotatable bonds is 3.